The van der Waals surface area contributed by atoms with Crippen LogP contribution in [0.2, 0.25) is 0 Å². The fraction of sp³-hybridized carbons (Fsp3) is 0.162. The first kappa shape index (κ1) is 28.9. The molecule has 2 aromatic heterocycles. The second kappa shape index (κ2) is 12.3. The van der Waals surface area contributed by atoms with Gasteiger partial charge in [-0.3, -0.25) is 9.59 Å². The predicted octanol–water partition coefficient (Wildman–Crippen LogP) is 6.86. The molecular weight excluding hydrogens is 576 g/mol. The van der Waals surface area contributed by atoms with Crippen LogP contribution in [0.25, 0.3) is 33.4 Å². The lowest BCUT2D eigenvalue weighted by molar-refractivity contribution is 0.0889. The highest BCUT2D eigenvalue weighted by atomic mass is 16.5. The van der Waals surface area contributed by atoms with E-state index in [0.29, 0.717) is 16.8 Å². The van der Waals surface area contributed by atoms with Crippen LogP contribution in [0.3, 0.4) is 0 Å². The summed E-state index contributed by atoms with van der Waals surface area (Å²) in [6.07, 6.45) is 3.38. The van der Waals surface area contributed by atoms with Crippen molar-refractivity contribution in [3.05, 3.63) is 126 Å². The molecule has 1 fully saturated rings. The van der Waals surface area contributed by atoms with E-state index in [-0.39, 0.29) is 23.9 Å². The van der Waals surface area contributed by atoms with Gasteiger partial charge in [0.25, 0.3) is 11.8 Å². The van der Waals surface area contributed by atoms with Crippen molar-refractivity contribution >= 4 is 28.4 Å². The van der Waals surface area contributed by atoms with Gasteiger partial charge in [-0.2, -0.15) is 0 Å². The number of para-hydroxylation sites is 2. The summed E-state index contributed by atoms with van der Waals surface area (Å²) in [5.41, 5.74) is 6.70. The van der Waals surface area contributed by atoms with Gasteiger partial charge >= 0.3 is 0 Å². The van der Waals surface area contributed by atoms with Gasteiger partial charge in [0, 0.05) is 33.8 Å². The number of aromatic nitrogens is 4. The van der Waals surface area contributed by atoms with Gasteiger partial charge in [0.1, 0.15) is 11.4 Å². The van der Waals surface area contributed by atoms with Crippen LogP contribution >= 0.6 is 0 Å². The number of carbonyl (C=O) groups excluding carboxylic acids is 2. The lowest BCUT2D eigenvalue weighted by Crippen LogP contribution is -2.45. The third-order valence-electron chi connectivity index (χ3n) is 8.49. The number of aryl methyl sites for hydroxylation is 1. The Morgan fingerprint density at radius 2 is 1.54 bits per heavy atom. The van der Waals surface area contributed by atoms with E-state index in [0.717, 1.165) is 57.6 Å². The normalized spacial score (nSPS) is 15.6. The Morgan fingerprint density at radius 1 is 0.804 bits per heavy atom. The minimum atomic E-state index is -0.173. The molecule has 0 aliphatic heterocycles. The van der Waals surface area contributed by atoms with E-state index >= 15 is 0 Å². The van der Waals surface area contributed by atoms with Gasteiger partial charge in [-0.05, 0) is 79.9 Å². The average Bonchev–Trinajstić information content (AvgIpc) is 3.56. The molecule has 4 aromatic carbocycles. The Bertz CT molecular complexity index is 2050. The maximum absolute atomic E-state index is 13.6. The second-order valence-corrected chi connectivity index (χ2v) is 11.5. The first-order valence-corrected chi connectivity index (χ1v) is 15.2. The van der Waals surface area contributed by atoms with E-state index in [4.69, 9.17) is 9.72 Å². The van der Waals surface area contributed by atoms with E-state index in [1.807, 2.05) is 121 Å². The molecule has 0 spiro atoms. The van der Waals surface area contributed by atoms with Crippen LogP contribution in [0.1, 0.15) is 45.2 Å². The molecule has 46 heavy (non-hydrogen) atoms. The molecule has 1 saturated carbocycles. The molecular formula is C37H32N6O3. The molecule has 7 rings (SSSR count). The van der Waals surface area contributed by atoms with Gasteiger partial charge < -0.3 is 15.4 Å². The minimum absolute atomic E-state index is 0.00849. The number of anilines is 1. The maximum Gasteiger partial charge on any atom is 0.255 e. The molecule has 6 aromatic rings. The van der Waals surface area contributed by atoms with Crippen LogP contribution in [-0.4, -0.2) is 44.9 Å². The Kier molecular flexibility index (Phi) is 7.72. The van der Waals surface area contributed by atoms with Gasteiger partial charge in [-0.25, -0.2) is 9.67 Å². The molecule has 9 heteroatoms. The van der Waals surface area contributed by atoms with E-state index in [2.05, 4.69) is 20.9 Å². The Labute approximate surface area is 266 Å². The smallest absolute Gasteiger partial charge is 0.255 e. The Hall–Kier alpha value is -5.83. The second-order valence-electron chi connectivity index (χ2n) is 11.5. The van der Waals surface area contributed by atoms with E-state index in [9.17, 15) is 9.59 Å². The van der Waals surface area contributed by atoms with Crippen molar-refractivity contribution in [2.75, 3.05) is 12.4 Å². The topological polar surface area (TPSA) is 111 Å². The zero-order chi connectivity index (χ0) is 31.6. The molecule has 0 radical (unpaired) electrons. The summed E-state index contributed by atoms with van der Waals surface area (Å²) in [5.74, 6) is 0.460. The van der Waals surface area contributed by atoms with Crippen molar-refractivity contribution < 1.29 is 14.3 Å². The lowest BCUT2D eigenvalue weighted by atomic mass is 9.86. The molecule has 0 atom stereocenters. The van der Waals surface area contributed by atoms with Crippen molar-refractivity contribution in [1.82, 2.24) is 25.3 Å². The van der Waals surface area contributed by atoms with Gasteiger partial charge in [-0.1, -0.05) is 53.7 Å². The summed E-state index contributed by atoms with van der Waals surface area (Å²) < 4.78 is 7.14. The van der Waals surface area contributed by atoms with Crippen LogP contribution < -0.4 is 15.4 Å². The van der Waals surface area contributed by atoms with Crippen molar-refractivity contribution in [3.8, 4) is 28.3 Å². The summed E-state index contributed by atoms with van der Waals surface area (Å²) in [6.45, 7) is 1.91. The van der Waals surface area contributed by atoms with Crippen molar-refractivity contribution in [1.29, 1.82) is 0 Å². The summed E-state index contributed by atoms with van der Waals surface area (Å²) in [4.78, 5) is 31.4. The molecule has 0 bridgehead atoms. The summed E-state index contributed by atoms with van der Waals surface area (Å²) in [6, 6.07) is 32.4. The molecule has 0 unspecified atom stereocenters. The number of fused-ring (bicyclic) bond motifs is 1. The molecule has 1 aliphatic rings. The molecule has 2 amide bonds. The van der Waals surface area contributed by atoms with Gasteiger partial charge in [-0.15, -0.1) is 5.10 Å². The predicted molar refractivity (Wildman–Crippen MR) is 178 cm³/mol. The van der Waals surface area contributed by atoms with E-state index in [1.165, 1.54) is 0 Å². The number of benzene rings is 4. The third-order valence-corrected chi connectivity index (χ3v) is 8.49. The molecule has 0 saturated heterocycles. The number of nitrogens with zero attached hydrogens (tertiary/aromatic N) is 4. The molecule has 2 N–H and O–H groups in total. The number of methoxy groups -OCH3 is 1. The SMILES string of the molecule is COc1ccc(-c2cc(C(=O)NC3CC(n4cc(-c5ccc(C)c(C(=O)Nc6ccccc6)c5)nn4)C3)c3ccccc3n2)cc1. The summed E-state index contributed by atoms with van der Waals surface area (Å²) in [7, 11) is 1.63. The fourth-order valence-corrected chi connectivity index (χ4v) is 5.79. The Morgan fingerprint density at radius 3 is 2.33 bits per heavy atom. The van der Waals surface area contributed by atoms with Crippen LogP contribution in [0.15, 0.2) is 109 Å². The van der Waals surface area contributed by atoms with Crippen LogP contribution in [-0.2, 0) is 0 Å². The lowest BCUT2D eigenvalue weighted by Gasteiger charge is -2.35. The molecule has 1 aliphatic carbocycles. The summed E-state index contributed by atoms with van der Waals surface area (Å²) in [5, 5.41) is 15.8. The quantitative estimate of drug-likeness (QED) is 0.195. The number of hydrogen-bond acceptors (Lipinski definition) is 6. The number of pyridine rings is 1. The Balaban J connectivity index is 1.03. The maximum atomic E-state index is 13.6. The number of carbonyl (C=O) groups is 2. The van der Waals surface area contributed by atoms with Gasteiger partial charge in [0.05, 0.1) is 36.1 Å². The zero-order valence-electron chi connectivity index (χ0n) is 25.5. The molecule has 9 nitrogen and oxygen atoms in total. The zero-order valence-corrected chi connectivity index (χ0v) is 25.5. The van der Waals surface area contributed by atoms with Gasteiger partial charge in [0.2, 0.25) is 0 Å². The first-order chi connectivity index (χ1) is 22.4. The number of ether oxygens (including phenoxy) is 1. The van der Waals surface area contributed by atoms with Crippen molar-refractivity contribution in [2.45, 2.75) is 31.8 Å². The fourth-order valence-electron chi connectivity index (χ4n) is 5.79. The monoisotopic (exact) mass is 608 g/mol. The largest absolute Gasteiger partial charge is 0.497 e. The highest BCUT2D eigenvalue weighted by Crippen LogP contribution is 2.34. The minimum Gasteiger partial charge on any atom is -0.497 e. The number of nitrogens with one attached hydrogen (secondary N) is 2. The van der Waals surface area contributed by atoms with Crippen molar-refractivity contribution in [2.24, 2.45) is 0 Å². The van der Waals surface area contributed by atoms with E-state index < -0.39 is 0 Å². The highest BCUT2D eigenvalue weighted by molar-refractivity contribution is 6.07. The van der Waals surface area contributed by atoms with Crippen LogP contribution in [0.5, 0.6) is 5.75 Å². The molecule has 228 valence electrons. The standard InChI is InChI=1S/C37H32N6O3/c1-23-12-13-25(18-31(23)36(44)38-26-8-4-3-5-9-26)35-22-43(42-41-35)28-19-27(20-28)39-37(45)32-21-34(24-14-16-29(46-2)17-15-24)40-33-11-7-6-10-30(32)33/h3-18,21-22,27-28H,19-20H2,1-2H3,(H,38,44)(H,39,45). The van der Waals surface area contributed by atoms with Gasteiger partial charge in [0.15, 0.2) is 0 Å². The first-order valence-electron chi connectivity index (χ1n) is 15.2. The summed E-state index contributed by atoms with van der Waals surface area (Å²) >= 11 is 0. The average molecular weight is 609 g/mol. The molecule has 2 heterocycles. The van der Waals surface area contributed by atoms with Crippen molar-refractivity contribution in [3.63, 3.8) is 0 Å². The number of hydrogen-bond donors (Lipinski definition) is 2. The number of amides is 2. The third kappa shape index (κ3) is 5.82. The van der Waals surface area contributed by atoms with Crippen LogP contribution in [0.4, 0.5) is 5.69 Å². The number of rotatable bonds is 8. The highest BCUT2D eigenvalue weighted by Gasteiger charge is 2.33. The van der Waals surface area contributed by atoms with E-state index in [1.54, 1.807) is 7.11 Å². The van der Waals surface area contributed by atoms with Crippen LogP contribution in [0, 0.1) is 6.92 Å².